The predicted octanol–water partition coefficient (Wildman–Crippen LogP) is -0.553. The van der Waals surface area contributed by atoms with Crippen molar-refractivity contribution in [1.82, 2.24) is 10.2 Å². The molecule has 11 heavy (non-hydrogen) atoms. The van der Waals surface area contributed by atoms with E-state index in [0.29, 0.717) is 6.61 Å². The number of aliphatic hydroxyl groups is 1. The Bertz CT molecular complexity index is 134. The fourth-order valence-corrected chi connectivity index (χ4v) is 2.05. The van der Waals surface area contributed by atoms with Crippen LogP contribution in [0, 0.1) is 0 Å². The normalized spacial score (nSPS) is 35.7. The molecular formula is C7H15ClN2O. The lowest BCUT2D eigenvalue weighted by Crippen LogP contribution is -2.44. The Kier molecular flexibility index (Phi) is 3.13. The van der Waals surface area contributed by atoms with Crippen molar-refractivity contribution in [2.24, 2.45) is 0 Å². The van der Waals surface area contributed by atoms with Crippen molar-refractivity contribution < 1.29 is 5.11 Å². The van der Waals surface area contributed by atoms with Crippen LogP contribution >= 0.6 is 12.4 Å². The molecule has 2 saturated heterocycles. The number of fused-ring (bicyclic) bond motifs is 2. The molecule has 66 valence electrons. The van der Waals surface area contributed by atoms with Gasteiger partial charge in [-0.2, -0.15) is 0 Å². The van der Waals surface area contributed by atoms with Gasteiger partial charge >= 0.3 is 0 Å². The molecule has 3 nitrogen and oxygen atoms in total. The van der Waals surface area contributed by atoms with Gasteiger partial charge in [0.15, 0.2) is 0 Å². The highest BCUT2D eigenvalue weighted by Crippen LogP contribution is 2.21. The molecule has 2 rings (SSSR count). The quantitative estimate of drug-likeness (QED) is 0.596. The average Bonchev–Trinajstić information content (AvgIpc) is 2.48. The van der Waals surface area contributed by atoms with Crippen molar-refractivity contribution in [3.05, 3.63) is 0 Å². The van der Waals surface area contributed by atoms with Crippen LogP contribution in [0.5, 0.6) is 0 Å². The minimum Gasteiger partial charge on any atom is -0.395 e. The molecule has 2 bridgehead atoms. The second kappa shape index (κ2) is 3.72. The summed E-state index contributed by atoms with van der Waals surface area (Å²) in [4.78, 5) is 2.38. The molecule has 2 atom stereocenters. The van der Waals surface area contributed by atoms with Crippen LogP contribution in [0.15, 0.2) is 0 Å². The molecule has 2 unspecified atom stereocenters. The van der Waals surface area contributed by atoms with Gasteiger partial charge < -0.3 is 10.4 Å². The second-order valence-corrected chi connectivity index (χ2v) is 3.21. The molecule has 0 aromatic rings. The summed E-state index contributed by atoms with van der Waals surface area (Å²) in [6.45, 7) is 3.45. The summed E-state index contributed by atoms with van der Waals surface area (Å²) < 4.78 is 0. The summed E-state index contributed by atoms with van der Waals surface area (Å²) in [7, 11) is 0. The average molecular weight is 179 g/mol. The van der Waals surface area contributed by atoms with Crippen molar-refractivity contribution in [3.63, 3.8) is 0 Å². The molecule has 0 aromatic heterocycles. The SMILES string of the molecule is Cl.OCCN1CC2CC1CN2. The zero-order valence-corrected chi connectivity index (χ0v) is 7.31. The highest BCUT2D eigenvalue weighted by atomic mass is 35.5. The van der Waals surface area contributed by atoms with Crippen molar-refractivity contribution in [2.75, 3.05) is 26.2 Å². The number of nitrogens with one attached hydrogen (secondary N) is 1. The first-order valence-electron chi connectivity index (χ1n) is 3.98. The fraction of sp³-hybridized carbons (Fsp3) is 1.00. The zero-order valence-electron chi connectivity index (χ0n) is 6.49. The number of hydrogen-bond donors (Lipinski definition) is 2. The van der Waals surface area contributed by atoms with E-state index in [-0.39, 0.29) is 12.4 Å². The van der Waals surface area contributed by atoms with Crippen LogP contribution < -0.4 is 5.32 Å². The Hall–Kier alpha value is 0.170. The molecule has 2 aliphatic heterocycles. The maximum Gasteiger partial charge on any atom is 0.0558 e. The number of nitrogens with zero attached hydrogens (tertiary/aromatic N) is 1. The van der Waals surface area contributed by atoms with Crippen LogP contribution in [0.25, 0.3) is 0 Å². The standard InChI is InChI=1S/C7H14N2O.ClH/c10-2-1-9-5-6-3-7(9)4-8-6;/h6-8,10H,1-5H2;1H. The van der Waals surface area contributed by atoms with Crippen molar-refractivity contribution in [1.29, 1.82) is 0 Å². The predicted molar refractivity (Wildman–Crippen MR) is 46.1 cm³/mol. The van der Waals surface area contributed by atoms with E-state index in [9.17, 15) is 0 Å². The molecule has 0 amide bonds. The number of β-amino-alcohol motifs (C(OH)–C–C–N with tert-alkyl or cyclic N) is 1. The van der Waals surface area contributed by atoms with Crippen LogP contribution in [0.1, 0.15) is 6.42 Å². The van der Waals surface area contributed by atoms with E-state index < -0.39 is 0 Å². The van der Waals surface area contributed by atoms with E-state index in [1.807, 2.05) is 0 Å². The van der Waals surface area contributed by atoms with Gasteiger partial charge in [-0.25, -0.2) is 0 Å². The van der Waals surface area contributed by atoms with E-state index in [2.05, 4.69) is 10.2 Å². The molecule has 0 saturated carbocycles. The minimum atomic E-state index is 0. The second-order valence-electron chi connectivity index (χ2n) is 3.21. The summed E-state index contributed by atoms with van der Waals surface area (Å²) in [5, 5.41) is 12.1. The third-order valence-corrected chi connectivity index (χ3v) is 2.56. The van der Waals surface area contributed by atoms with Gasteiger partial charge in [0, 0.05) is 31.7 Å². The van der Waals surface area contributed by atoms with Crippen LogP contribution in [0.2, 0.25) is 0 Å². The van der Waals surface area contributed by atoms with E-state index in [4.69, 9.17) is 5.11 Å². The molecule has 0 aromatic carbocycles. The van der Waals surface area contributed by atoms with E-state index in [1.165, 1.54) is 6.42 Å². The summed E-state index contributed by atoms with van der Waals surface area (Å²) in [6.07, 6.45) is 1.29. The van der Waals surface area contributed by atoms with Gasteiger partial charge in [-0.3, -0.25) is 4.90 Å². The number of halogens is 1. The molecular weight excluding hydrogens is 164 g/mol. The molecule has 2 fully saturated rings. The topological polar surface area (TPSA) is 35.5 Å². The lowest BCUT2D eigenvalue weighted by Gasteiger charge is -2.25. The molecule has 2 aliphatic rings. The molecule has 0 aliphatic carbocycles. The largest absolute Gasteiger partial charge is 0.395 e. The maximum atomic E-state index is 8.69. The number of piperazine rings is 1. The van der Waals surface area contributed by atoms with Crippen molar-refractivity contribution in [3.8, 4) is 0 Å². The maximum absolute atomic E-state index is 8.69. The first-order valence-corrected chi connectivity index (χ1v) is 3.98. The van der Waals surface area contributed by atoms with Crippen LogP contribution in [0.4, 0.5) is 0 Å². The highest BCUT2D eigenvalue weighted by Gasteiger charge is 2.36. The zero-order chi connectivity index (χ0) is 6.97. The number of hydrogen-bond acceptors (Lipinski definition) is 3. The monoisotopic (exact) mass is 178 g/mol. The van der Waals surface area contributed by atoms with Crippen molar-refractivity contribution in [2.45, 2.75) is 18.5 Å². The van der Waals surface area contributed by atoms with Gasteiger partial charge in [-0.1, -0.05) is 0 Å². The molecule has 0 spiro atoms. The van der Waals surface area contributed by atoms with Gasteiger partial charge in [-0.05, 0) is 6.42 Å². The number of likely N-dealkylation sites (tertiary alicyclic amines) is 1. The smallest absolute Gasteiger partial charge is 0.0558 e. The minimum absolute atomic E-state index is 0. The highest BCUT2D eigenvalue weighted by molar-refractivity contribution is 5.85. The Balaban J connectivity index is 0.000000605. The number of rotatable bonds is 2. The summed E-state index contributed by atoms with van der Waals surface area (Å²) in [5.41, 5.74) is 0. The first kappa shape index (κ1) is 9.26. The van der Waals surface area contributed by atoms with E-state index in [1.54, 1.807) is 0 Å². The fourth-order valence-electron chi connectivity index (χ4n) is 2.05. The molecule has 2 N–H and O–H groups in total. The Morgan fingerprint density at radius 2 is 2.36 bits per heavy atom. The Morgan fingerprint density at radius 3 is 2.82 bits per heavy atom. The third kappa shape index (κ3) is 1.67. The van der Waals surface area contributed by atoms with Gasteiger partial charge in [0.05, 0.1) is 6.61 Å². The molecule has 0 radical (unpaired) electrons. The van der Waals surface area contributed by atoms with Crippen molar-refractivity contribution >= 4 is 12.4 Å². The van der Waals surface area contributed by atoms with Gasteiger partial charge in [0.1, 0.15) is 0 Å². The third-order valence-electron chi connectivity index (χ3n) is 2.56. The lowest BCUT2D eigenvalue weighted by atomic mass is 10.2. The summed E-state index contributed by atoms with van der Waals surface area (Å²) in [6, 6.07) is 1.44. The van der Waals surface area contributed by atoms with Gasteiger partial charge in [0.25, 0.3) is 0 Å². The molecule has 4 heteroatoms. The van der Waals surface area contributed by atoms with E-state index in [0.717, 1.165) is 31.7 Å². The van der Waals surface area contributed by atoms with E-state index >= 15 is 0 Å². The number of aliphatic hydroxyl groups excluding tert-OH is 1. The summed E-state index contributed by atoms with van der Waals surface area (Å²) >= 11 is 0. The Labute approximate surface area is 73.2 Å². The van der Waals surface area contributed by atoms with Gasteiger partial charge in [-0.15, -0.1) is 12.4 Å². The van der Waals surface area contributed by atoms with Crippen LogP contribution in [0.3, 0.4) is 0 Å². The molecule has 2 heterocycles. The Morgan fingerprint density at radius 1 is 1.55 bits per heavy atom. The van der Waals surface area contributed by atoms with Crippen LogP contribution in [-0.2, 0) is 0 Å². The lowest BCUT2D eigenvalue weighted by molar-refractivity contribution is 0.170. The first-order chi connectivity index (χ1) is 4.90. The van der Waals surface area contributed by atoms with Crippen LogP contribution in [-0.4, -0.2) is 48.3 Å². The van der Waals surface area contributed by atoms with Gasteiger partial charge in [0.2, 0.25) is 0 Å². The summed E-state index contributed by atoms with van der Waals surface area (Å²) in [5.74, 6) is 0.